The zero-order chi connectivity index (χ0) is 12.5. The average molecular weight is 284 g/mol. The Morgan fingerprint density at radius 1 is 1.39 bits per heavy atom. The highest BCUT2D eigenvalue weighted by molar-refractivity contribution is 7.85. The molecule has 2 aliphatic rings. The third kappa shape index (κ3) is 2.24. The molecule has 0 aromatic carbocycles. The van der Waals surface area contributed by atoms with Crippen molar-refractivity contribution in [1.29, 1.82) is 0 Å². The third-order valence-corrected chi connectivity index (χ3v) is 5.71. The van der Waals surface area contributed by atoms with Crippen LogP contribution in [0.4, 0.5) is 0 Å². The van der Waals surface area contributed by atoms with Crippen LogP contribution in [-0.4, -0.2) is 39.1 Å². The van der Waals surface area contributed by atoms with E-state index in [-0.39, 0.29) is 18.1 Å². The van der Waals surface area contributed by atoms with E-state index in [1.54, 1.807) is 11.3 Å². The minimum atomic E-state index is -0.677. The highest BCUT2D eigenvalue weighted by Crippen LogP contribution is 2.30. The second kappa shape index (κ2) is 5.11. The number of hydrogen-bond donors (Lipinski definition) is 1. The van der Waals surface area contributed by atoms with E-state index >= 15 is 0 Å². The molecule has 3 rings (SSSR count). The van der Waals surface area contributed by atoms with E-state index in [9.17, 15) is 9.00 Å². The zero-order valence-corrected chi connectivity index (χ0v) is 11.6. The molecule has 1 N–H and O–H groups in total. The maximum atomic E-state index is 12.1. The summed E-state index contributed by atoms with van der Waals surface area (Å²) in [4.78, 5) is 14.0. The van der Waals surface area contributed by atoms with Crippen LogP contribution in [-0.2, 0) is 15.6 Å². The Morgan fingerprint density at radius 3 is 2.83 bits per heavy atom. The van der Waals surface area contributed by atoms with Crippen molar-refractivity contribution in [1.82, 2.24) is 10.2 Å². The summed E-state index contributed by atoms with van der Waals surface area (Å²) in [6.07, 6.45) is 1.74. The van der Waals surface area contributed by atoms with Crippen molar-refractivity contribution in [3.8, 4) is 0 Å². The fourth-order valence-electron chi connectivity index (χ4n) is 2.70. The number of carbonyl (C=O) groups excluding carboxylic acids is 1. The van der Waals surface area contributed by atoms with Crippen molar-refractivity contribution in [3.63, 3.8) is 0 Å². The molecule has 0 spiro atoms. The third-order valence-electron chi connectivity index (χ3n) is 3.62. The summed E-state index contributed by atoms with van der Waals surface area (Å²) in [5.74, 6) is 1.62. The number of hydrogen-bond acceptors (Lipinski definition) is 4. The fraction of sp³-hybridized carbons (Fsp3) is 0.583. The second-order valence-corrected chi connectivity index (χ2v) is 7.20. The second-order valence-electron chi connectivity index (χ2n) is 4.72. The first kappa shape index (κ1) is 12.3. The van der Waals surface area contributed by atoms with E-state index in [0.717, 1.165) is 29.9 Å². The van der Waals surface area contributed by atoms with Crippen molar-refractivity contribution < 1.29 is 9.00 Å². The molecular formula is C12H16N2O2S2. The Balaban J connectivity index is 1.79. The van der Waals surface area contributed by atoms with Crippen LogP contribution in [0.25, 0.3) is 0 Å². The largest absolute Gasteiger partial charge is 0.319 e. The summed E-state index contributed by atoms with van der Waals surface area (Å²) >= 11 is 1.65. The first-order chi connectivity index (χ1) is 8.75. The molecule has 1 atom stereocenters. The number of rotatable bonds is 2. The molecule has 0 radical (unpaired) electrons. The zero-order valence-electron chi connectivity index (χ0n) is 10.0. The predicted octanol–water partition coefficient (Wildman–Crippen LogP) is 1.09. The molecule has 0 saturated carbocycles. The van der Waals surface area contributed by atoms with Crippen LogP contribution < -0.4 is 5.32 Å². The molecule has 2 fully saturated rings. The predicted molar refractivity (Wildman–Crippen MR) is 72.8 cm³/mol. The number of carbonyl (C=O) groups is 1. The van der Waals surface area contributed by atoms with Gasteiger partial charge in [0, 0.05) is 28.3 Å². The van der Waals surface area contributed by atoms with Gasteiger partial charge >= 0.3 is 0 Å². The van der Waals surface area contributed by atoms with Crippen LogP contribution in [0.1, 0.15) is 24.6 Å². The molecule has 1 aromatic heterocycles. The maximum absolute atomic E-state index is 12.1. The normalized spacial score (nSPS) is 33.0. The quantitative estimate of drug-likeness (QED) is 0.884. The summed E-state index contributed by atoms with van der Waals surface area (Å²) < 4.78 is 11.4. The molecular weight excluding hydrogens is 268 g/mol. The Morgan fingerprint density at radius 2 is 2.17 bits per heavy atom. The van der Waals surface area contributed by atoms with Crippen LogP contribution in [0.15, 0.2) is 16.8 Å². The Kier molecular flexibility index (Phi) is 3.50. The average Bonchev–Trinajstić information content (AvgIpc) is 2.99. The highest BCUT2D eigenvalue weighted by atomic mass is 32.2. The molecule has 1 amide bonds. The topological polar surface area (TPSA) is 49.4 Å². The summed E-state index contributed by atoms with van der Waals surface area (Å²) in [6.45, 7) is 0.417. The number of nitrogens with one attached hydrogen (secondary N) is 1. The van der Waals surface area contributed by atoms with Gasteiger partial charge in [0.05, 0.1) is 6.54 Å². The van der Waals surface area contributed by atoms with Gasteiger partial charge in [0.25, 0.3) is 0 Å². The van der Waals surface area contributed by atoms with Crippen molar-refractivity contribution >= 4 is 28.0 Å². The van der Waals surface area contributed by atoms with Gasteiger partial charge < -0.3 is 4.90 Å². The van der Waals surface area contributed by atoms with E-state index in [4.69, 9.17) is 0 Å². The molecule has 2 saturated heterocycles. The van der Waals surface area contributed by atoms with Gasteiger partial charge in [0.15, 0.2) is 0 Å². The van der Waals surface area contributed by atoms with Gasteiger partial charge in [-0.1, -0.05) is 0 Å². The Hall–Kier alpha value is -0.720. The van der Waals surface area contributed by atoms with Crippen molar-refractivity contribution in [2.45, 2.75) is 25.0 Å². The number of amides is 1. The van der Waals surface area contributed by atoms with E-state index in [2.05, 4.69) is 16.8 Å². The molecule has 98 valence electrons. The van der Waals surface area contributed by atoms with Crippen molar-refractivity contribution in [3.05, 3.63) is 22.4 Å². The highest BCUT2D eigenvalue weighted by Gasteiger charge is 2.37. The van der Waals surface area contributed by atoms with Crippen LogP contribution in [0.3, 0.4) is 0 Å². The lowest BCUT2D eigenvalue weighted by Crippen LogP contribution is -2.43. The lowest BCUT2D eigenvalue weighted by Gasteiger charge is -2.34. The molecule has 3 heterocycles. The van der Waals surface area contributed by atoms with Crippen LogP contribution in [0.5, 0.6) is 0 Å². The van der Waals surface area contributed by atoms with E-state index in [1.165, 1.54) is 0 Å². The first-order valence-corrected chi connectivity index (χ1v) is 8.60. The molecule has 4 nitrogen and oxygen atoms in total. The van der Waals surface area contributed by atoms with Gasteiger partial charge in [0.1, 0.15) is 6.17 Å². The SMILES string of the molecule is O=C1CNC(c2ccsc2)N1C1CCS(=O)CC1. The van der Waals surface area contributed by atoms with Gasteiger partial charge in [-0.05, 0) is 35.2 Å². The van der Waals surface area contributed by atoms with E-state index < -0.39 is 10.8 Å². The molecule has 6 heteroatoms. The standard InChI is InChI=1S/C12H16N2O2S2/c15-11-7-13-12(9-1-4-17-8-9)14(11)10-2-5-18(16)6-3-10/h1,4,8,10,12-13H,2-3,5-7H2. The lowest BCUT2D eigenvalue weighted by atomic mass is 10.1. The summed E-state index contributed by atoms with van der Waals surface area (Å²) in [5.41, 5.74) is 1.16. The van der Waals surface area contributed by atoms with E-state index in [1.807, 2.05) is 10.3 Å². The monoisotopic (exact) mass is 284 g/mol. The molecule has 0 aliphatic carbocycles. The molecule has 1 aromatic rings. The number of thiophene rings is 1. The van der Waals surface area contributed by atoms with Crippen molar-refractivity contribution in [2.75, 3.05) is 18.1 Å². The van der Waals surface area contributed by atoms with Crippen LogP contribution in [0, 0.1) is 0 Å². The van der Waals surface area contributed by atoms with Gasteiger partial charge in [-0.2, -0.15) is 11.3 Å². The minimum Gasteiger partial charge on any atom is -0.319 e. The Bertz CT molecular complexity index is 451. The molecule has 1 unspecified atom stereocenters. The lowest BCUT2D eigenvalue weighted by molar-refractivity contribution is -0.130. The number of nitrogens with zero attached hydrogens (tertiary/aromatic N) is 1. The summed E-state index contributed by atoms with van der Waals surface area (Å²) in [7, 11) is -0.677. The van der Waals surface area contributed by atoms with Gasteiger partial charge in [-0.3, -0.25) is 14.3 Å². The smallest absolute Gasteiger partial charge is 0.238 e. The maximum Gasteiger partial charge on any atom is 0.238 e. The van der Waals surface area contributed by atoms with Gasteiger partial charge in [-0.15, -0.1) is 0 Å². The Labute approximate surface area is 113 Å². The summed E-state index contributed by atoms with van der Waals surface area (Å²) in [5, 5.41) is 7.40. The molecule has 2 aliphatic heterocycles. The first-order valence-electron chi connectivity index (χ1n) is 6.17. The fourth-order valence-corrected chi connectivity index (χ4v) is 4.65. The van der Waals surface area contributed by atoms with Gasteiger partial charge in [0.2, 0.25) is 5.91 Å². The minimum absolute atomic E-state index is 0.0142. The van der Waals surface area contributed by atoms with Crippen molar-refractivity contribution in [2.24, 2.45) is 0 Å². The van der Waals surface area contributed by atoms with Crippen LogP contribution in [0.2, 0.25) is 0 Å². The van der Waals surface area contributed by atoms with Crippen LogP contribution >= 0.6 is 11.3 Å². The molecule has 18 heavy (non-hydrogen) atoms. The summed E-state index contributed by atoms with van der Waals surface area (Å²) in [6, 6.07) is 2.31. The van der Waals surface area contributed by atoms with E-state index in [0.29, 0.717) is 6.54 Å². The van der Waals surface area contributed by atoms with Gasteiger partial charge in [-0.25, -0.2) is 0 Å². The molecule has 0 bridgehead atoms.